The molecule has 0 spiro atoms. The van der Waals surface area contributed by atoms with E-state index in [1.165, 1.54) is 0 Å². The van der Waals surface area contributed by atoms with Gasteiger partial charge in [-0.15, -0.1) is 0 Å². The lowest BCUT2D eigenvalue weighted by molar-refractivity contribution is -0.0768. The Hall–Kier alpha value is -0.810. The summed E-state index contributed by atoms with van der Waals surface area (Å²) in [5, 5.41) is 3.06. The van der Waals surface area contributed by atoms with Crippen molar-refractivity contribution in [3.63, 3.8) is 0 Å². The van der Waals surface area contributed by atoms with Gasteiger partial charge in [-0.1, -0.05) is 27.7 Å². The molecule has 1 aliphatic heterocycles. The normalized spacial score (nSPS) is 29.7. The van der Waals surface area contributed by atoms with E-state index in [0.717, 1.165) is 39.1 Å². The summed E-state index contributed by atoms with van der Waals surface area (Å²) in [6.07, 6.45) is 1.60. The number of carbonyl (C=O) groups excluding carboxylic acids is 1. The highest BCUT2D eigenvalue weighted by Crippen LogP contribution is 2.44. The smallest absolute Gasteiger partial charge is 0.407 e. The quantitative estimate of drug-likeness (QED) is 0.848. The summed E-state index contributed by atoms with van der Waals surface area (Å²) in [6, 6.07) is 0.717. The number of alkyl carbamates (subject to hydrolysis) is 1. The highest BCUT2D eigenvalue weighted by molar-refractivity contribution is 5.68. The lowest BCUT2D eigenvalue weighted by Crippen LogP contribution is -2.67. The molecule has 0 radical (unpaired) electrons. The van der Waals surface area contributed by atoms with E-state index in [4.69, 9.17) is 9.47 Å². The molecule has 5 heteroatoms. The average Bonchev–Trinajstić information content (AvgIpc) is 2.43. The molecule has 2 fully saturated rings. The van der Waals surface area contributed by atoms with Crippen molar-refractivity contribution in [1.82, 2.24) is 10.2 Å². The van der Waals surface area contributed by atoms with Crippen molar-refractivity contribution in [3.05, 3.63) is 0 Å². The first kappa shape index (κ1) is 17.5. The standard InChI is InChI=1S/C17H32N2O3/c1-12(2)10-13(3)22-16(20)18-14-11-15(17(14,4)5)19-6-8-21-9-7-19/h12-15H,6-11H2,1-5H3,(H,18,20)/t13-,14+,15-/m0/s1. The number of amides is 1. The van der Waals surface area contributed by atoms with Crippen LogP contribution in [0.25, 0.3) is 0 Å². The lowest BCUT2D eigenvalue weighted by atomic mass is 9.62. The topological polar surface area (TPSA) is 50.8 Å². The van der Waals surface area contributed by atoms with E-state index in [9.17, 15) is 4.79 Å². The second-order valence-electron chi connectivity index (χ2n) is 7.76. The van der Waals surface area contributed by atoms with Gasteiger partial charge < -0.3 is 14.8 Å². The zero-order chi connectivity index (χ0) is 16.3. The summed E-state index contributed by atoms with van der Waals surface area (Å²) >= 11 is 0. The molecule has 2 aliphatic rings. The second kappa shape index (κ2) is 7.18. The van der Waals surface area contributed by atoms with Crippen molar-refractivity contribution in [3.8, 4) is 0 Å². The fraction of sp³-hybridized carbons (Fsp3) is 0.941. The maximum Gasteiger partial charge on any atom is 0.407 e. The Kier molecular flexibility index (Phi) is 5.72. The number of nitrogens with zero attached hydrogens (tertiary/aromatic N) is 1. The van der Waals surface area contributed by atoms with E-state index in [1.54, 1.807) is 0 Å². The van der Waals surface area contributed by atoms with Gasteiger partial charge in [0, 0.05) is 30.6 Å². The van der Waals surface area contributed by atoms with Crippen molar-refractivity contribution in [2.24, 2.45) is 11.3 Å². The molecule has 0 bridgehead atoms. The fourth-order valence-electron chi connectivity index (χ4n) is 3.73. The molecular formula is C17H32N2O3. The Bertz CT molecular complexity index is 378. The predicted octanol–water partition coefficient (Wildman–Crippen LogP) is 2.65. The van der Waals surface area contributed by atoms with Crippen LogP contribution in [0.3, 0.4) is 0 Å². The summed E-state index contributed by atoms with van der Waals surface area (Å²) in [5.74, 6) is 0.536. The largest absolute Gasteiger partial charge is 0.447 e. The van der Waals surface area contributed by atoms with Crippen LogP contribution in [0.2, 0.25) is 0 Å². The molecule has 1 heterocycles. The number of morpholine rings is 1. The van der Waals surface area contributed by atoms with E-state index in [1.807, 2.05) is 6.92 Å². The Morgan fingerprint density at radius 3 is 2.50 bits per heavy atom. The van der Waals surface area contributed by atoms with Crippen LogP contribution in [0.5, 0.6) is 0 Å². The highest BCUT2D eigenvalue weighted by Gasteiger charge is 2.51. The van der Waals surface area contributed by atoms with Gasteiger partial charge >= 0.3 is 6.09 Å². The third-order valence-corrected chi connectivity index (χ3v) is 5.11. The van der Waals surface area contributed by atoms with Gasteiger partial charge in [0.2, 0.25) is 0 Å². The van der Waals surface area contributed by atoms with E-state index in [2.05, 4.69) is 37.9 Å². The number of nitrogens with one attached hydrogen (secondary N) is 1. The molecule has 1 N–H and O–H groups in total. The summed E-state index contributed by atoms with van der Waals surface area (Å²) < 4.78 is 10.9. The molecule has 2 rings (SSSR count). The summed E-state index contributed by atoms with van der Waals surface area (Å²) in [6.45, 7) is 14.3. The van der Waals surface area contributed by atoms with Crippen molar-refractivity contribution in [2.45, 2.75) is 65.6 Å². The van der Waals surface area contributed by atoms with Gasteiger partial charge in [0.05, 0.1) is 13.2 Å². The monoisotopic (exact) mass is 312 g/mol. The van der Waals surface area contributed by atoms with Gasteiger partial charge in [-0.05, 0) is 25.7 Å². The minimum absolute atomic E-state index is 0.0294. The number of hydrogen-bond donors (Lipinski definition) is 1. The molecule has 0 aromatic carbocycles. The Labute approximate surface area is 134 Å². The van der Waals surface area contributed by atoms with Crippen molar-refractivity contribution in [2.75, 3.05) is 26.3 Å². The van der Waals surface area contributed by atoms with Gasteiger partial charge in [0.1, 0.15) is 6.10 Å². The Morgan fingerprint density at radius 1 is 1.32 bits per heavy atom. The molecule has 1 aliphatic carbocycles. The Morgan fingerprint density at radius 2 is 1.95 bits per heavy atom. The average molecular weight is 312 g/mol. The second-order valence-corrected chi connectivity index (χ2v) is 7.76. The highest BCUT2D eigenvalue weighted by atomic mass is 16.6. The number of carbonyl (C=O) groups is 1. The van der Waals surface area contributed by atoms with Crippen LogP contribution in [-0.2, 0) is 9.47 Å². The third-order valence-electron chi connectivity index (χ3n) is 5.11. The zero-order valence-corrected chi connectivity index (χ0v) is 14.7. The van der Waals surface area contributed by atoms with Gasteiger partial charge in [-0.2, -0.15) is 0 Å². The van der Waals surface area contributed by atoms with E-state index < -0.39 is 0 Å². The SMILES string of the molecule is CC(C)C[C@H](C)OC(=O)N[C@@H]1C[C@H](N2CCOCC2)C1(C)C. The zero-order valence-electron chi connectivity index (χ0n) is 14.7. The van der Waals surface area contributed by atoms with Crippen LogP contribution >= 0.6 is 0 Å². The van der Waals surface area contributed by atoms with Crippen molar-refractivity contribution in [1.29, 1.82) is 0 Å². The molecule has 0 unspecified atom stereocenters. The first-order valence-electron chi connectivity index (χ1n) is 8.59. The molecule has 22 heavy (non-hydrogen) atoms. The first-order valence-corrected chi connectivity index (χ1v) is 8.59. The lowest BCUT2D eigenvalue weighted by Gasteiger charge is -2.56. The summed E-state index contributed by atoms with van der Waals surface area (Å²) in [5.41, 5.74) is 0.0810. The molecule has 1 amide bonds. The first-order chi connectivity index (χ1) is 10.3. The number of hydrogen-bond acceptors (Lipinski definition) is 4. The van der Waals surface area contributed by atoms with Gasteiger partial charge in [-0.3, -0.25) is 4.90 Å². The van der Waals surface area contributed by atoms with Crippen molar-refractivity contribution < 1.29 is 14.3 Å². The molecule has 0 aromatic rings. The van der Waals surface area contributed by atoms with Gasteiger partial charge in [0.25, 0.3) is 0 Å². The van der Waals surface area contributed by atoms with Gasteiger partial charge in [0.15, 0.2) is 0 Å². The van der Waals surface area contributed by atoms with Crippen LogP contribution in [0.15, 0.2) is 0 Å². The molecule has 1 saturated carbocycles. The van der Waals surface area contributed by atoms with Gasteiger partial charge in [-0.25, -0.2) is 4.79 Å². The van der Waals surface area contributed by atoms with Crippen LogP contribution in [0, 0.1) is 11.3 Å². The maximum atomic E-state index is 12.0. The van der Waals surface area contributed by atoms with E-state index >= 15 is 0 Å². The molecule has 5 nitrogen and oxygen atoms in total. The minimum atomic E-state index is -0.272. The van der Waals surface area contributed by atoms with Crippen molar-refractivity contribution >= 4 is 6.09 Å². The maximum absolute atomic E-state index is 12.0. The molecule has 3 atom stereocenters. The minimum Gasteiger partial charge on any atom is -0.447 e. The fourth-order valence-corrected chi connectivity index (χ4v) is 3.73. The van der Waals surface area contributed by atoms with E-state index in [0.29, 0.717) is 12.0 Å². The van der Waals surface area contributed by atoms with Crippen LogP contribution < -0.4 is 5.32 Å². The van der Waals surface area contributed by atoms with E-state index in [-0.39, 0.29) is 23.7 Å². The molecule has 1 saturated heterocycles. The van der Waals surface area contributed by atoms with Crippen LogP contribution in [-0.4, -0.2) is 55.5 Å². The van der Waals surface area contributed by atoms with Crippen LogP contribution in [0.1, 0.15) is 47.5 Å². The number of ether oxygens (including phenoxy) is 2. The molecule has 0 aromatic heterocycles. The molecule has 128 valence electrons. The predicted molar refractivity (Wildman–Crippen MR) is 86.9 cm³/mol. The summed E-state index contributed by atoms with van der Waals surface area (Å²) in [7, 11) is 0. The number of rotatable bonds is 5. The molecular weight excluding hydrogens is 280 g/mol. The Balaban J connectivity index is 1.78. The third kappa shape index (κ3) is 4.13. The summed E-state index contributed by atoms with van der Waals surface area (Å²) in [4.78, 5) is 14.5. The van der Waals surface area contributed by atoms with Crippen LogP contribution in [0.4, 0.5) is 4.79 Å².